The number of benzene rings is 3. The van der Waals surface area contributed by atoms with Gasteiger partial charge >= 0.3 is 0 Å². The van der Waals surface area contributed by atoms with Crippen LogP contribution >= 0.6 is 0 Å². The van der Waals surface area contributed by atoms with E-state index in [1.165, 1.54) is 36.0 Å². The Kier molecular flexibility index (Phi) is 6.66. The molecule has 3 aromatic carbocycles. The van der Waals surface area contributed by atoms with Crippen molar-refractivity contribution in [3.8, 4) is 29.0 Å². The molecular weight excluding hydrogens is 374 g/mol. The van der Waals surface area contributed by atoms with Crippen LogP contribution in [0.5, 0.6) is 0 Å². The van der Waals surface area contributed by atoms with Crippen LogP contribution in [0, 0.1) is 23.2 Å². The fourth-order valence-electron chi connectivity index (χ4n) is 4.13. The summed E-state index contributed by atoms with van der Waals surface area (Å²) in [6, 6.07) is 27.4. The van der Waals surface area contributed by atoms with E-state index in [0.717, 1.165) is 29.5 Å². The zero-order chi connectivity index (χ0) is 21.5. The van der Waals surface area contributed by atoms with Crippen molar-refractivity contribution < 1.29 is 0 Å². The third-order valence-corrected chi connectivity index (χ3v) is 6.00. The molecule has 0 aromatic heterocycles. The molecule has 31 heavy (non-hydrogen) atoms. The smallest absolute Gasteiger partial charge is 0.0991 e. The predicted octanol–water partition coefficient (Wildman–Crippen LogP) is 7.42. The van der Waals surface area contributed by atoms with Crippen LogP contribution < -0.4 is 0 Å². The number of nitriles is 1. The van der Waals surface area contributed by atoms with E-state index in [4.69, 9.17) is 5.26 Å². The van der Waals surface area contributed by atoms with Crippen LogP contribution in [0.1, 0.15) is 60.8 Å². The average molecular weight is 402 g/mol. The normalized spacial score (nSPS) is 15.4. The first-order valence-corrected chi connectivity index (χ1v) is 11.2. The van der Waals surface area contributed by atoms with Gasteiger partial charge in [0.1, 0.15) is 0 Å². The second-order valence-corrected chi connectivity index (χ2v) is 8.21. The Hall–Kier alpha value is -3.55. The fraction of sp³-hybridized carbons (Fsp3) is 0.233. The minimum absolute atomic E-state index is 0.618. The lowest BCUT2D eigenvalue weighted by molar-refractivity contribution is 0.607. The zero-order valence-corrected chi connectivity index (χ0v) is 18.1. The predicted molar refractivity (Wildman–Crippen MR) is 129 cm³/mol. The Morgan fingerprint density at radius 1 is 0.806 bits per heavy atom. The van der Waals surface area contributed by atoms with E-state index >= 15 is 0 Å². The molecule has 1 heteroatoms. The van der Waals surface area contributed by atoms with Crippen LogP contribution in [0.2, 0.25) is 0 Å². The van der Waals surface area contributed by atoms with Crippen molar-refractivity contribution in [3.63, 3.8) is 0 Å². The third-order valence-electron chi connectivity index (χ3n) is 6.00. The van der Waals surface area contributed by atoms with E-state index in [1.807, 2.05) is 24.3 Å². The number of nitrogens with zero attached hydrogens (tertiary/aromatic N) is 1. The van der Waals surface area contributed by atoms with Crippen molar-refractivity contribution in [1.82, 2.24) is 0 Å². The average Bonchev–Trinajstić information content (AvgIpc) is 2.84. The monoisotopic (exact) mass is 401 g/mol. The van der Waals surface area contributed by atoms with Crippen LogP contribution in [0.3, 0.4) is 0 Å². The third kappa shape index (κ3) is 5.33. The van der Waals surface area contributed by atoms with E-state index in [9.17, 15) is 0 Å². The van der Waals surface area contributed by atoms with Gasteiger partial charge < -0.3 is 0 Å². The molecule has 0 radical (unpaired) electrons. The highest BCUT2D eigenvalue weighted by Crippen LogP contribution is 2.32. The van der Waals surface area contributed by atoms with Gasteiger partial charge in [0.2, 0.25) is 0 Å². The van der Waals surface area contributed by atoms with E-state index < -0.39 is 0 Å². The van der Waals surface area contributed by atoms with E-state index in [1.54, 1.807) is 0 Å². The van der Waals surface area contributed by atoms with Crippen LogP contribution in [0.4, 0.5) is 0 Å². The van der Waals surface area contributed by atoms with Gasteiger partial charge in [-0.3, -0.25) is 0 Å². The van der Waals surface area contributed by atoms with Gasteiger partial charge in [0, 0.05) is 5.56 Å². The van der Waals surface area contributed by atoms with Gasteiger partial charge in [0.25, 0.3) is 0 Å². The molecule has 1 aliphatic rings. The molecule has 0 fully saturated rings. The summed E-state index contributed by atoms with van der Waals surface area (Å²) < 4.78 is 0. The summed E-state index contributed by atoms with van der Waals surface area (Å²) in [5.41, 5.74) is 8.13. The fourth-order valence-corrected chi connectivity index (χ4v) is 4.13. The second kappa shape index (κ2) is 9.97. The molecular formula is C30H27N. The summed E-state index contributed by atoms with van der Waals surface area (Å²) in [6.07, 6.45) is 7.99. The maximum atomic E-state index is 8.93. The lowest BCUT2D eigenvalue weighted by atomic mass is 9.84. The molecule has 4 rings (SSSR count). The topological polar surface area (TPSA) is 23.8 Å². The molecule has 3 aromatic rings. The molecule has 0 bridgehead atoms. The van der Waals surface area contributed by atoms with Crippen molar-refractivity contribution >= 4 is 0 Å². The van der Waals surface area contributed by atoms with Gasteiger partial charge in [-0.1, -0.05) is 79.8 Å². The van der Waals surface area contributed by atoms with Gasteiger partial charge in [-0.15, -0.1) is 0 Å². The molecule has 0 aliphatic heterocycles. The van der Waals surface area contributed by atoms with Crippen LogP contribution in [-0.2, 0) is 6.42 Å². The molecule has 1 atom stereocenters. The summed E-state index contributed by atoms with van der Waals surface area (Å²) in [7, 11) is 0. The largest absolute Gasteiger partial charge is 0.192 e. The Bertz CT molecular complexity index is 1140. The summed E-state index contributed by atoms with van der Waals surface area (Å²) in [5, 5.41) is 8.93. The maximum absolute atomic E-state index is 8.93. The minimum atomic E-state index is 0.618. The number of hydrogen-bond donors (Lipinski definition) is 0. The molecule has 1 unspecified atom stereocenters. The molecule has 152 valence electrons. The molecule has 1 nitrogen and oxygen atoms in total. The van der Waals surface area contributed by atoms with Crippen molar-refractivity contribution in [2.45, 2.75) is 44.9 Å². The van der Waals surface area contributed by atoms with Gasteiger partial charge in [0.15, 0.2) is 0 Å². The quantitative estimate of drug-likeness (QED) is 0.417. The highest BCUT2D eigenvalue weighted by Gasteiger charge is 2.15. The Labute approximate surface area is 186 Å². The van der Waals surface area contributed by atoms with Crippen molar-refractivity contribution in [2.24, 2.45) is 0 Å². The summed E-state index contributed by atoms with van der Waals surface area (Å²) in [5.74, 6) is 7.33. The molecule has 0 saturated carbocycles. The number of allylic oxidation sites excluding steroid dienone is 2. The van der Waals surface area contributed by atoms with Crippen molar-refractivity contribution in [2.75, 3.05) is 0 Å². The van der Waals surface area contributed by atoms with Crippen LogP contribution in [-0.4, -0.2) is 0 Å². The lowest BCUT2D eigenvalue weighted by Crippen LogP contribution is -2.04. The molecule has 0 heterocycles. The van der Waals surface area contributed by atoms with Crippen LogP contribution in [0.15, 0.2) is 84.4 Å². The Morgan fingerprint density at radius 3 is 2.00 bits per heavy atom. The SMILES string of the molecule is CCCc1ccc(C2CC=C(C#Cc3ccc(-c4ccc(C#N)cc4)cc3)CC2)cc1. The van der Waals surface area contributed by atoms with Gasteiger partial charge in [-0.2, -0.15) is 5.26 Å². The number of hydrogen-bond acceptors (Lipinski definition) is 1. The maximum Gasteiger partial charge on any atom is 0.0991 e. The highest BCUT2D eigenvalue weighted by atomic mass is 14.2. The van der Waals surface area contributed by atoms with E-state index in [-0.39, 0.29) is 0 Å². The van der Waals surface area contributed by atoms with Gasteiger partial charge in [-0.25, -0.2) is 0 Å². The zero-order valence-electron chi connectivity index (χ0n) is 18.1. The lowest BCUT2D eigenvalue weighted by Gasteiger charge is -2.20. The Balaban J connectivity index is 1.38. The van der Waals surface area contributed by atoms with E-state index in [0.29, 0.717) is 11.5 Å². The first-order chi connectivity index (χ1) is 15.2. The standard InChI is InChI=1S/C30H27N/c1-2-3-23-6-14-27(15-7-23)28-16-8-24(9-17-28)4-5-25-10-18-29(19-11-25)30-20-12-26(22-31)13-21-30/h6-8,10-15,18-21,28H,2-3,9,16-17H2,1H3. The molecule has 0 N–H and O–H groups in total. The first-order valence-electron chi connectivity index (χ1n) is 11.2. The van der Waals surface area contributed by atoms with Crippen molar-refractivity contribution in [1.29, 1.82) is 5.26 Å². The van der Waals surface area contributed by atoms with Crippen LogP contribution in [0.25, 0.3) is 11.1 Å². The summed E-state index contributed by atoms with van der Waals surface area (Å²) >= 11 is 0. The van der Waals surface area contributed by atoms with Gasteiger partial charge in [0.05, 0.1) is 11.6 Å². The van der Waals surface area contributed by atoms with Gasteiger partial charge in [-0.05, 0) is 83.7 Å². The second-order valence-electron chi connectivity index (χ2n) is 8.21. The molecule has 0 saturated heterocycles. The minimum Gasteiger partial charge on any atom is -0.192 e. The van der Waals surface area contributed by atoms with E-state index in [2.05, 4.69) is 79.4 Å². The summed E-state index contributed by atoms with van der Waals surface area (Å²) in [4.78, 5) is 0. The molecule has 1 aliphatic carbocycles. The number of aryl methyl sites for hydroxylation is 1. The Morgan fingerprint density at radius 2 is 1.45 bits per heavy atom. The summed E-state index contributed by atoms with van der Waals surface area (Å²) in [6.45, 7) is 2.23. The molecule has 0 amide bonds. The number of rotatable bonds is 4. The van der Waals surface area contributed by atoms with Crippen molar-refractivity contribution in [3.05, 3.63) is 107 Å². The first kappa shape index (κ1) is 20.7. The highest BCUT2D eigenvalue weighted by molar-refractivity contribution is 5.65. The molecule has 0 spiro atoms.